The Labute approximate surface area is 186 Å². The van der Waals surface area contributed by atoms with Gasteiger partial charge in [-0.1, -0.05) is 0 Å². The number of carbonyl (C=O) groups is 2. The van der Waals surface area contributed by atoms with Crippen molar-refractivity contribution in [3.05, 3.63) is 0 Å². The molecule has 3 rings (SSSR count). The van der Waals surface area contributed by atoms with E-state index in [9.17, 15) is 9.59 Å². The molecule has 0 bridgehead atoms. The molecule has 2 amide bonds. The van der Waals surface area contributed by atoms with Gasteiger partial charge < -0.3 is 29.5 Å². The summed E-state index contributed by atoms with van der Waals surface area (Å²) in [6, 6.07) is 0.206. The summed E-state index contributed by atoms with van der Waals surface area (Å²) in [5.74, 6) is 1.44. The molecular formula is C22H39N5O4. The summed E-state index contributed by atoms with van der Waals surface area (Å²) in [7, 11) is 0. The van der Waals surface area contributed by atoms with Crippen LogP contribution in [0.15, 0.2) is 4.99 Å². The van der Waals surface area contributed by atoms with Gasteiger partial charge in [-0.15, -0.1) is 0 Å². The van der Waals surface area contributed by atoms with E-state index < -0.39 is 11.2 Å². The van der Waals surface area contributed by atoms with E-state index in [1.54, 1.807) is 9.80 Å². The predicted octanol–water partition coefficient (Wildman–Crippen LogP) is 2.51. The van der Waals surface area contributed by atoms with E-state index in [-0.39, 0.29) is 18.2 Å². The van der Waals surface area contributed by atoms with E-state index in [1.807, 2.05) is 41.5 Å². The number of hydrogen-bond acceptors (Lipinski definition) is 7. The largest absolute Gasteiger partial charge is 0.444 e. The first-order valence-electron chi connectivity index (χ1n) is 11.4. The summed E-state index contributed by atoms with van der Waals surface area (Å²) >= 11 is 0. The van der Waals surface area contributed by atoms with Crippen molar-refractivity contribution in [3.8, 4) is 0 Å². The van der Waals surface area contributed by atoms with Crippen LogP contribution in [0.4, 0.5) is 9.59 Å². The van der Waals surface area contributed by atoms with Gasteiger partial charge in [0.25, 0.3) is 0 Å². The van der Waals surface area contributed by atoms with E-state index in [4.69, 9.17) is 9.47 Å². The molecule has 1 unspecified atom stereocenters. The molecule has 0 spiro atoms. The molecule has 3 aliphatic rings. The Bertz CT molecular complexity index is 689. The Hall–Kier alpha value is -2.19. The number of ether oxygens (including phenoxy) is 2. The molecule has 9 heteroatoms. The normalized spacial score (nSPS) is 22.7. The highest BCUT2D eigenvalue weighted by Crippen LogP contribution is 2.21. The summed E-state index contributed by atoms with van der Waals surface area (Å²) in [4.78, 5) is 35.1. The van der Waals surface area contributed by atoms with Gasteiger partial charge in [-0.25, -0.2) is 9.59 Å². The van der Waals surface area contributed by atoms with Gasteiger partial charge in [0.2, 0.25) is 0 Å². The molecule has 9 nitrogen and oxygen atoms in total. The van der Waals surface area contributed by atoms with Crippen molar-refractivity contribution in [2.45, 2.75) is 71.6 Å². The molecule has 0 aromatic carbocycles. The third kappa shape index (κ3) is 6.64. The van der Waals surface area contributed by atoms with Crippen LogP contribution in [0.5, 0.6) is 0 Å². The van der Waals surface area contributed by atoms with Gasteiger partial charge in [-0.05, 0) is 60.3 Å². The summed E-state index contributed by atoms with van der Waals surface area (Å²) in [5, 5.41) is 3.52. The standard InChI is InChI=1S/C22H39N5O4/c1-21(2,3)30-19(28)25-9-7-16(8-10-25)13-23-18-24-14-17-15-26(11-12-27(17)18)20(29)31-22(4,5)6/h16-17H,7-15H2,1-6H3,(H,23,24). The van der Waals surface area contributed by atoms with Crippen molar-refractivity contribution in [3.63, 3.8) is 0 Å². The lowest BCUT2D eigenvalue weighted by atomic mass is 9.97. The van der Waals surface area contributed by atoms with Crippen molar-refractivity contribution in [1.82, 2.24) is 20.0 Å². The van der Waals surface area contributed by atoms with Crippen LogP contribution >= 0.6 is 0 Å². The molecule has 1 N–H and O–H groups in total. The molecule has 1 atom stereocenters. The molecule has 31 heavy (non-hydrogen) atoms. The van der Waals surface area contributed by atoms with E-state index in [1.165, 1.54) is 0 Å². The summed E-state index contributed by atoms with van der Waals surface area (Å²) in [6.07, 6.45) is 1.44. The topological polar surface area (TPSA) is 86.7 Å². The molecular weight excluding hydrogens is 398 g/mol. The number of hydrogen-bond donors (Lipinski definition) is 1. The zero-order chi connectivity index (χ0) is 22.8. The number of guanidine groups is 1. The van der Waals surface area contributed by atoms with Gasteiger partial charge in [0.1, 0.15) is 11.2 Å². The third-order valence-electron chi connectivity index (χ3n) is 5.67. The molecule has 0 radical (unpaired) electrons. The smallest absolute Gasteiger partial charge is 0.410 e. The minimum atomic E-state index is -0.480. The molecule has 2 fully saturated rings. The van der Waals surface area contributed by atoms with Crippen molar-refractivity contribution < 1.29 is 19.1 Å². The number of likely N-dealkylation sites (tertiary alicyclic amines) is 1. The van der Waals surface area contributed by atoms with Crippen LogP contribution in [0, 0.1) is 5.92 Å². The first kappa shape index (κ1) is 23.5. The lowest BCUT2D eigenvalue weighted by Gasteiger charge is -2.39. The number of piperazine rings is 1. The van der Waals surface area contributed by atoms with Gasteiger partial charge in [-0.2, -0.15) is 0 Å². The maximum atomic E-state index is 12.4. The van der Waals surface area contributed by atoms with Crippen molar-refractivity contribution in [1.29, 1.82) is 0 Å². The molecule has 2 saturated heterocycles. The maximum Gasteiger partial charge on any atom is 0.410 e. The minimum Gasteiger partial charge on any atom is -0.444 e. The van der Waals surface area contributed by atoms with Crippen LogP contribution in [0.2, 0.25) is 0 Å². The number of nitrogens with one attached hydrogen (secondary N) is 1. The Morgan fingerprint density at radius 3 is 2.10 bits per heavy atom. The van der Waals surface area contributed by atoms with E-state index in [0.717, 1.165) is 45.0 Å². The average molecular weight is 438 g/mol. The van der Waals surface area contributed by atoms with Crippen molar-refractivity contribution in [2.75, 3.05) is 45.8 Å². The lowest BCUT2D eigenvalue weighted by molar-refractivity contribution is 0.0137. The van der Waals surface area contributed by atoms with Gasteiger partial charge >= 0.3 is 12.2 Å². The highest BCUT2D eigenvalue weighted by atomic mass is 16.6. The number of carbonyl (C=O) groups excluding carboxylic acids is 2. The summed E-state index contributed by atoms with van der Waals surface area (Å²) < 4.78 is 11.0. The molecule has 0 saturated carbocycles. The molecule has 0 aromatic heterocycles. The summed E-state index contributed by atoms with van der Waals surface area (Å²) in [5.41, 5.74) is -0.938. The van der Waals surface area contributed by atoms with Crippen LogP contribution in [0.1, 0.15) is 54.4 Å². The monoisotopic (exact) mass is 437 g/mol. The van der Waals surface area contributed by atoms with Crippen LogP contribution in [0.25, 0.3) is 0 Å². The SMILES string of the molecule is CC(C)(C)OC(=O)N1CCC(CNC2=NCC3CN(C(=O)OC(C)(C)C)CCN23)CC1. The maximum absolute atomic E-state index is 12.4. The molecule has 3 aliphatic heterocycles. The minimum absolute atomic E-state index is 0.206. The highest BCUT2D eigenvalue weighted by Gasteiger charge is 2.36. The zero-order valence-electron chi connectivity index (χ0n) is 19.9. The Balaban J connectivity index is 1.40. The van der Waals surface area contributed by atoms with Crippen LogP contribution in [-0.4, -0.2) is 95.9 Å². The summed E-state index contributed by atoms with van der Waals surface area (Å²) in [6.45, 7) is 16.4. The van der Waals surface area contributed by atoms with Gasteiger partial charge in [0.05, 0.1) is 12.6 Å². The number of aliphatic imine (C=N–C) groups is 1. The highest BCUT2D eigenvalue weighted by molar-refractivity contribution is 5.82. The first-order valence-corrected chi connectivity index (χ1v) is 11.4. The van der Waals surface area contributed by atoms with E-state index in [0.29, 0.717) is 25.6 Å². The van der Waals surface area contributed by atoms with Gasteiger partial charge in [0.15, 0.2) is 5.96 Å². The van der Waals surface area contributed by atoms with Gasteiger partial charge in [-0.3, -0.25) is 4.99 Å². The number of fused-ring (bicyclic) bond motifs is 1. The third-order valence-corrected chi connectivity index (χ3v) is 5.67. The second-order valence-electron chi connectivity index (χ2n) is 10.7. The fraction of sp³-hybridized carbons (Fsp3) is 0.864. The van der Waals surface area contributed by atoms with Crippen LogP contribution in [-0.2, 0) is 9.47 Å². The van der Waals surface area contributed by atoms with Crippen molar-refractivity contribution >= 4 is 18.1 Å². The average Bonchev–Trinajstić information content (AvgIpc) is 3.06. The van der Waals surface area contributed by atoms with Crippen LogP contribution < -0.4 is 5.32 Å². The molecule has 0 aromatic rings. The number of amides is 2. The van der Waals surface area contributed by atoms with E-state index >= 15 is 0 Å². The molecule has 0 aliphatic carbocycles. The fourth-order valence-electron chi connectivity index (χ4n) is 4.10. The van der Waals surface area contributed by atoms with E-state index in [2.05, 4.69) is 15.2 Å². The Morgan fingerprint density at radius 2 is 1.52 bits per heavy atom. The number of rotatable bonds is 2. The zero-order valence-corrected chi connectivity index (χ0v) is 19.9. The number of nitrogens with zero attached hydrogens (tertiary/aromatic N) is 4. The predicted molar refractivity (Wildman–Crippen MR) is 119 cm³/mol. The van der Waals surface area contributed by atoms with Crippen LogP contribution in [0.3, 0.4) is 0 Å². The Morgan fingerprint density at radius 1 is 0.935 bits per heavy atom. The number of piperidine rings is 1. The Kier molecular flexibility index (Phi) is 6.91. The first-order chi connectivity index (χ1) is 14.4. The quantitative estimate of drug-likeness (QED) is 0.714. The second kappa shape index (κ2) is 9.12. The molecule has 176 valence electrons. The van der Waals surface area contributed by atoms with Gasteiger partial charge in [0, 0.05) is 39.3 Å². The fourth-order valence-corrected chi connectivity index (χ4v) is 4.10. The molecule has 3 heterocycles. The lowest BCUT2D eigenvalue weighted by Crippen LogP contribution is -2.58. The second-order valence-corrected chi connectivity index (χ2v) is 10.7. The van der Waals surface area contributed by atoms with Crippen molar-refractivity contribution in [2.24, 2.45) is 10.9 Å².